The van der Waals surface area contributed by atoms with Crippen molar-refractivity contribution < 1.29 is 27.5 Å². The standard InChI is InChI=1S/C19H30F3NO3/c1-14-9-10-16(11-15-7-5-3-2-4-6-8-15)23(12-14)17(24)18(25)26-13-19(20,21)22/h14-16H,2-13H2,1H3/t14-,16+/m0/s1. The summed E-state index contributed by atoms with van der Waals surface area (Å²) in [4.78, 5) is 25.7. The third-order valence-electron chi connectivity index (χ3n) is 5.57. The molecule has 1 saturated heterocycles. The Morgan fingerprint density at radius 2 is 1.62 bits per heavy atom. The van der Waals surface area contributed by atoms with Crippen LogP contribution in [-0.4, -0.2) is 42.1 Å². The van der Waals surface area contributed by atoms with Gasteiger partial charge in [0.15, 0.2) is 6.61 Å². The average Bonchev–Trinajstić information content (AvgIpc) is 2.55. The Morgan fingerprint density at radius 1 is 1.00 bits per heavy atom. The maximum atomic E-state index is 12.4. The van der Waals surface area contributed by atoms with Crippen LogP contribution in [0.1, 0.15) is 71.1 Å². The minimum Gasteiger partial charge on any atom is -0.449 e. The number of carbonyl (C=O) groups excluding carboxylic acids is 2. The number of likely N-dealkylation sites (tertiary alicyclic amines) is 1. The zero-order valence-electron chi connectivity index (χ0n) is 15.5. The Balaban J connectivity index is 1.97. The fourth-order valence-corrected chi connectivity index (χ4v) is 4.19. The number of ether oxygens (including phenoxy) is 1. The first-order chi connectivity index (χ1) is 12.3. The first kappa shape index (κ1) is 21.0. The number of nitrogens with zero attached hydrogens (tertiary/aromatic N) is 1. The maximum absolute atomic E-state index is 12.4. The van der Waals surface area contributed by atoms with Gasteiger partial charge in [-0.25, -0.2) is 4.79 Å². The Bertz CT molecular complexity index is 473. The molecule has 150 valence electrons. The first-order valence-corrected chi connectivity index (χ1v) is 9.80. The smallest absolute Gasteiger partial charge is 0.422 e. The fraction of sp³-hybridized carbons (Fsp3) is 0.895. The van der Waals surface area contributed by atoms with Crippen molar-refractivity contribution in [3.63, 3.8) is 0 Å². The largest absolute Gasteiger partial charge is 0.449 e. The lowest BCUT2D eigenvalue weighted by Gasteiger charge is -2.40. The Labute approximate surface area is 153 Å². The van der Waals surface area contributed by atoms with Gasteiger partial charge >= 0.3 is 18.1 Å². The highest BCUT2D eigenvalue weighted by Gasteiger charge is 2.37. The molecule has 1 saturated carbocycles. The molecule has 2 fully saturated rings. The van der Waals surface area contributed by atoms with Crippen LogP contribution < -0.4 is 0 Å². The summed E-state index contributed by atoms with van der Waals surface area (Å²) in [6, 6.07) is -0.0680. The van der Waals surface area contributed by atoms with Gasteiger partial charge in [-0.05, 0) is 31.1 Å². The van der Waals surface area contributed by atoms with Crippen LogP contribution in [0.25, 0.3) is 0 Å². The molecule has 0 aromatic heterocycles. The predicted octanol–water partition coefficient (Wildman–Crippen LogP) is 4.47. The number of rotatable bonds is 3. The Kier molecular flexibility index (Phi) is 7.77. The second-order valence-electron chi connectivity index (χ2n) is 7.93. The van der Waals surface area contributed by atoms with Gasteiger partial charge in [-0.3, -0.25) is 4.79 Å². The summed E-state index contributed by atoms with van der Waals surface area (Å²) in [5.41, 5.74) is 0. The zero-order valence-corrected chi connectivity index (χ0v) is 15.5. The minimum atomic E-state index is -4.62. The van der Waals surface area contributed by atoms with Crippen molar-refractivity contribution in [3.05, 3.63) is 0 Å². The van der Waals surface area contributed by atoms with E-state index in [1.807, 2.05) is 6.92 Å². The molecule has 1 amide bonds. The van der Waals surface area contributed by atoms with Gasteiger partial charge in [-0.2, -0.15) is 13.2 Å². The van der Waals surface area contributed by atoms with Crippen LogP contribution in [0.2, 0.25) is 0 Å². The van der Waals surface area contributed by atoms with Gasteiger partial charge in [-0.1, -0.05) is 51.9 Å². The van der Waals surface area contributed by atoms with E-state index in [2.05, 4.69) is 4.74 Å². The molecular weight excluding hydrogens is 347 g/mol. The van der Waals surface area contributed by atoms with Crippen molar-refractivity contribution in [1.82, 2.24) is 4.90 Å². The third kappa shape index (κ3) is 6.80. The molecule has 0 spiro atoms. The van der Waals surface area contributed by atoms with Gasteiger partial charge in [0.2, 0.25) is 0 Å². The van der Waals surface area contributed by atoms with Crippen molar-refractivity contribution in [2.75, 3.05) is 13.2 Å². The number of carbonyl (C=O) groups is 2. The highest BCUT2D eigenvalue weighted by molar-refractivity contribution is 6.32. The van der Waals surface area contributed by atoms with E-state index < -0.39 is 24.7 Å². The molecule has 1 aliphatic heterocycles. The number of hydrogen-bond donors (Lipinski definition) is 0. The van der Waals surface area contributed by atoms with Crippen molar-refractivity contribution in [3.8, 4) is 0 Å². The molecule has 0 radical (unpaired) electrons. The van der Waals surface area contributed by atoms with E-state index in [-0.39, 0.29) is 12.0 Å². The molecule has 0 bridgehead atoms. The summed E-state index contributed by atoms with van der Waals surface area (Å²) < 4.78 is 40.9. The fourth-order valence-electron chi connectivity index (χ4n) is 4.19. The number of piperidine rings is 1. The quantitative estimate of drug-likeness (QED) is 0.538. The molecule has 0 N–H and O–H groups in total. The number of hydrogen-bond acceptors (Lipinski definition) is 3. The van der Waals surface area contributed by atoms with Gasteiger partial charge in [0, 0.05) is 12.6 Å². The molecule has 0 aromatic carbocycles. The molecule has 2 rings (SSSR count). The molecule has 7 heteroatoms. The second kappa shape index (κ2) is 9.60. The van der Waals surface area contributed by atoms with E-state index in [0.717, 1.165) is 32.1 Å². The van der Waals surface area contributed by atoms with Crippen LogP contribution in [0.15, 0.2) is 0 Å². The lowest BCUT2D eigenvalue weighted by molar-refractivity contribution is -0.190. The van der Waals surface area contributed by atoms with Gasteiger partial charge in [0.25, 0.3) is 0 Å². The molecular formula is C19H30F3NO3. The summed E-state index contributed by atoms with van der Waals surface area (Å²) in [5, 5.41) is 0. The molecule has 2 atom stereocenters. The van der Waals surface area contributed by atoms with Gasteiger partial charge in [0.1, 0.15) is 0 Å². The van der Waals surface area contributed by atoms with Crippen LogP contribution >= 0.6 is 0 Å². The van der Waals surface area contributed by atoms with Crippen molar-refractivity contribution >= 4 is 11.9 Å². The van der Waals surface area contributed by atoms with Crippen molar-refractivity contribution in [2.45, 2.75) is 83.4 Å². The lowest BCUT2D eigenvalue weighted by Crippen LogP contribution is -2.50. The van der Waals surface area contributed by atoms with E-state index in [9.17, 15) is 22.8 Å². The van der Waals surface area contributed by atoms with Crippen LogP contribution in [0.5, 0.6) is 0 Å². The van der Waals surface area contributed by atoms with E-state index in [4.69, 9.17) is 0 Å². The summed E-state index contributed by atoms with van der Waals surface area (Å²) in [7, 11) is 0. The zero-order chi connectivity index (χ0) is 19.2. The number of alkyl halides is 3. The van der Waals surface area contributed by atoms with E-state index in [0.29, 0.717) is 12.5 Å². The average molecular weight is 377 g/mol. The first-order valence-electron chi connectivity index (χ1n) is 9.80. The van der Waals surface area contributed by atoms with Crippen molar-refractivity contribution in [1.29, 1.82) is 0 Å². The summed E-state index contributed by atoms with van der Waals surface area (Å²) in [5.74, 6) is -1.55. The summed E-state index contributed by atoms with van der Waals surface area (Å²) >= 11 is 0. The summed E-state index contributed by atoms with van der Waals surface area (Å²) in [6.45, 7) is 0.693. The lowest BCUT2D eigenvalue weighted by atomic mass is 9.82. The molecule has 0 aromatic rings. The van der Waals surface area contributed by atoms with Gasteiger partial charge in [-0.15, -0.1) is 0 Å². The Hall–Kier alpha value is -1.27. The van der Waals surface area contributed by atoms with Gasteiger partial charge in [0.05, 0.1) is 0 Å². The number of halogens is 3. The SMILES string of the molecule is C[C@H]1CC[C@H](CC2CCCCCCC2)N(C(=O)C(=O)OCC(F)(F)F)C1. The number of amides is 1. The summed E-state index contributed by atoms with van der Waals surface area (Å²) in [6.07, 6.45) is 6.39. The highest BCUT2D eigenvalue weighted by atomic mass is 19.4. The van der Waals surface area contributed by atoms with E-state index in [1.54, 1.807) is 0 Å². The Morgan fingerprint density at radius 3 is 2.23 bits per heavy atom. The maximum Gasteiger partial charge on any atom is 0.422 e. The molecule has 1 heterocycles. The van der Waals surface area contributed by atoms with Gasteiger partial charge < -0.3 is 9.64 Å². The molecule has 0 unspecified atom stereocenters. The topological polar surface area (TPSA) is 46.6 Å². The van der Waals surface area contributed by atoms with E-state index in [1.165, 1.54) is 37.0 Å². The van der Waals surface area contributed by atoms with E-state index >= 15 is 0 Å². The number of esters is 1. The molecule has 26 heavy (non-hydrogen) atoms. The predicted molar refractivity (Wildman–Crippen MR) is 91.3 cm³/mol. The minimum absolute atomic E-state index is 0.0680. The molecule has 2 aliphatic rings. The monoisotopic (exact) mass is 377 g/mol. The van der Waals surface area contributed by atoms with Crippen molar-refractivity contribution in [2.24, 2.45) is 11.8 Å². The second-order valence-corrected chi connectivity index (χ2v) is 7.93. The molecule has 4 nitrogen and oxygen atoms in total. The highest BCUT2D eigenvalue weighted by Crippen LogP contribution is 2.32. The van der Waals surface area contributed by atoms with Crippen LogP contribution in [0.3, 0.4) is 0 Å². The van der Waals surface area contributed by atoms with Crippen LogP contribution in [0, 0.1) is 11.8 Å². The third-order valence-corrected chi connectivity index (χ3v) is 5.57. The molecule has 1 aliphatic carbocycles. The van der Waals surface area contributed by atoms with Crippen LogP contribution in [-0.2, 0) is 14.3 Å². The van der Waals surface area contributed by atoms with Crippen LogP contribution in [0.4, 0.5) is 13.2 Å². The normalized spacial score (nSPS) is 26.1.